The molecule has 2 aromatic heterocycles. The molecule has 3 rings (SSSR count). The van der Waals surface area contributed by atoms with Crippen molar-refractivity contribution >= 4 is 33.2 Å². The van der Waals surface area contributed by atoms with E-state index in [-0.39, 0.29) is 15.6 Å². The Hall–Kier alpha value is -3.05. The Bertz CT molecular complexity index is 1100. The minimum Gasteiger partial charge on any atom is -0.328 e. The lowest BCUT2D eigenvalue weighted by atomic mass is 10.3. The highest BCUT2D eigenvalue weighted by atomic mass is 35.5. The second-order valence-corrected chi connectivity index (χ2v) is 8.21. The Kier molecular flexibility index (Phi) is 5.56. The van der Waals surface area contributed by atoms with Crippen LogP contribution in [0.1, 0.15) is 18.8 Å². The van der Waals surface area contributed by atoms with Gasteiger partial charge in [0, 0.05) is 24.3 Å². The quantitative estimate of drug-likeness (QED) is 0.643. The van der Waals surface area contributed by atoms with Crippen LogP contribution in [-0.2, 0) is 9.84 Å². The molecule has 28 heavy (non-hydrogen) atoms. The first kappa shape index (κ1) is 19.7. The second-order valence-electron chi connectivity index (χ2n) is 5.82. The number of rotatable bonds is 5. The molecule has 0 saturated heterocycles. The van der Waals surface area contributed by atoms with Gasteiger partial charge < -0.3 is 10.6 Å². The van der Waals surface area contributed by atoms with Crippen LogP contribution in [0, 0.1) is 0 Å². The fourth-order valence-electron chi connectivity index (χ4n) is 2.39. The fraction of sp³-hybridized carbons (Fsp3) is 0.188. The highest BCUT2D eigenvalue weighted by molar-refractivity contribution is 7.90. The summed E-state index contributed by atoms with van der Waals surface area (Å²) in [5.41, 5.74) is 0.280. The van der Waals surface area contributed by atoms with E-state index in [2.05, 4.69) is 30.7 Å². The SMILES string of the molecule is C[C@H](NC(=O)Nc1ccc(Cl)c(S(C)(=O)=O)c1)c1ncnn1-c1ncccn1. The summed E-state index contributed by atoms with van der Waals surface area (Å²) in [6, 6.07) is 4.78. The number of sulfone groups is 1. The molecule has 0 fully saturated rings. The normalized spacial score (nSPS) is 12.4. The molecule has 0 unspecified atom stereocenters. The molecular formula is C16H16ClN7O3S. The van der Waals surface area contributed by atoms with Gasteiger partial charge in [-0.3, -0.25) is 0 Å². The standard InChI is InChI=1S/C16H16ClN7O3S/c1-10(14-20-9-21-24(14)15-18-6-3-7-19-15)22-16(25)23-11-4-5-12(17)13(8-11)28(2,26)27/h3-10H,1-2H3,(H2,22,23,25)/t10-/m0/s1. The van der Waals surface area contributed by atoms with Crippen LogP contribution in [0.3, 0.4) is 0 Å². The van der Waals surface area contributed by atoms with Gasteiger partial charge in [0.25, 0.3) is 5.95 Å². The maximum absolute atomic E-state index is 12.3. The number of nitrogens with zero attached hydrogens (tertiary/aromatic N) is 5. The van der Waals surface area contributed by atoms with Gasteiger partial charge in [-0.15, -0.1) is 0 Å². The first-order valence-electron chi connectivity index (χ1n) is 8.00. The molecule has 2 amide bonds. The number of amides is 2. The number of hydrogen-bond acceptors (Lipinski definition) is 7. The summed E-state index contributed by atoms with van der Waals surface area (Å²) < 4.78 is 24.9. The maximum atomic E-state index is 12.3. The molecule has 2 N–H and O–H groups in total. The van der Waals surface area contributed by atoms with Crippen LogP contribution in [0.25, 0.3) is 5.95 Å². The van der Waals surface area contributed by atoms with Gasteiger partial charge in [0.2, 0.25) is 0 Å². The third-order valence-corrected chi connectivity index (χ3v) is 5.22. The topological polar surface area (TPSA) is 132 Å². The fourth-order valence-corrected chi connectivity index (χ4v) is 3.70. The van der Waals surface area contributed by atoms with Gasteiger partial charge in [0.05, 0.1) is 16.0 Å². The molecule has 0 aliphatic carbocycles. The van der Waals surface area contributed by atoms with E-state index in [4.69, 9.17) is 11.6 Å². The van der Waals surface area contributed by atoms with E-state index in [1.807, 2.05) is 0 Å². The van der Waals surface area contributed by atoms with Crippen LogP contribution >= 0.6 is 11.6 Å². The van der Waals surface area contributed by atoms with Crippen LogP contribution in [0.15, 0.2) is 47.9 Å². The lowest BCUT2D eigenvalue weighted by Gasteiger charge is -2.15. The Morgan fingerprint density at radius 1 is 1.21 bits per heavy atom. The molecule has 146 valence electrons. The molecule has 0 aliphatic rings. The molecule has 0 radical (unpaired) electrons. The van der Waals surface area contributed by atoms with Crippen molar-refractivity contribution in [1.82, 2.24) is 30.0 Å². The maximum Gasteiger partial charge on any atom is 0.319 e. The first-order valence-corrected chi connectivity index (χ1v) is 10.3. The summed E-state index contributed by atoms with van der Waals surface area (Å²) in [4.78, 5) is 24.6. The summed E-state index contributed by atoms with van der Waals surface area (Å²) in [6.45, 7) is 1.72. The average Bonchev–Trinajstić information content (AvgIpc) is 3.13. The summed E-state index contributed by atoms with van der Waals surface area (Å²) in [7, 11) is -3.53. The number of hydrogen-bond donors (Lipinski definition) is 2. The van der Waals surface area contributed by atoms with Crippen molar-refractivity contribution in [2.45, 2.75) is 17.9 Å². The van der Waals surface area contributed by atoms with Gasteiger partial charge in [-0.25, -0.2) is 28.2 Å². The van der Waals surface area contributed by atoms with Gasteiger partial charge in [-0.1, -0.05) is 11.6 Å². The van der Waals surface area contributed by atoms with Gasteiger partial charge in [-0.05, 0) is 31.2 Å². The molecule has 1 atom stereocenters. The van der Waals surface area contributed by atoms with E-state index < -0.39 is 21.9 Å². The molecule has 0 aliphatic heterocycles. The number of carbonyl (C=O) groups is 1. The van der Waals surface area contributed by atoms with Crippen molar-refractivity contribution in [1.29, 1.82) is 0 Å². The Balaban J connectivity index is 1.74. The van der Waals surface area contributed by atoms with E-state index in [1.54, 1.807) is 25.4 Å². The van der Waals surface area contributed by atoms with E-state index >= 15 is 0 Å². The molecule has 0 spiro atoms. The van der Waals surface area contributed by atoms with Crippen LogP contribution < -0.4 is 10.6 Å². The van der Waals surface area contributed by atoms with Gasteiger partial charge in [0.1, 0.15) is 6.33 Å². The van der Waals surface area contributed by atoms with Crippen molar-refractivity contribution in [3.05, 3.63) is 53.8 Å². The molecule has 12 heteroatoms. The minimum absolute atomic E-state index is 0.0685. The van der Waals surface area contributed by atoms with E-state index in [0.29, 0.717) is 11.8 Å². The van der Waals surface area contributed by atoms with Gasteiger partial charge in [0.15, 0.2) is 15.7 Å². The predicted octanol–water partition coefficient (Wildman–Crippen LogP) is 2.00. The van der Waals surface area contributed by atoms with Gasteiger partial charge in [-0.2, -0.15) is 9.78 Å². The van der Waals surface area contributed by atoms with Crippen molar-refractivity contribution in [2.24, 2.45) is 0 Å². The van der Waals surface area contributed by atoms with Crippen LogP contribution in [-0.4, -0.2) is 45.4 Å². The highest BCUT2D eigenvalue weighted by Crippen LogP contribution is 2.25. The summed E-state index contributed by atoms with van der Waals surface area (Å²) in [5, 5.41) is 9.43. The molecule has 1 aromatic carbocycles. The third-order valence-electron chi connectivity index (χ3n) is 3.64. The lowest BCUT2D eigenvalue weighted by molar-refractivity contribution is 0.248. The number of benzene rings is 1. The highest BCUT2D eigenvalue weighted by Gasteiger charge is 2.19. The predicted molar refractivity (Wildman–Crippen MR) is 102 cm³/mol. The average molecular weight is 422 g/mol. The summed E-state index contributed by atoms with van der Waals surface area (Å²) in [5.74, 6) is 0.744. The molecular weight excluding hydrogens is 406 g/mol. The molecule has 2 heterocycles. The van der Waals surface area contributed by atoms with E-state index in [0.717, 1.165) is 6.26 Å². The summed E-state index contributed by atoms with van der Waals surface area (Å²) >= 11 is 5.91. The van der Waals surface area contributed by atoms with Crippen LogP contribution in [0.4, 0.5) is 10.5 Å². The molecule has 0 bridgehead atoms. The minimum atomic E-state index is -3.53. The second kappa shape index (κ2) is 7.90. The largest absolute Gasteiger partial charge is 0.328 e. The van der Waals surface area contributed by atoms with Crippen LogP contribution in [0.5, 0.6) is 0 Å². The number of urea groups is 1. The third kappa shape index (κ3) is 4.43. The molecule has 0 saturated carbocycles. The number of halogens is 1. The van der Waals surface area contributed by atoms with Crippen molar-refractivity contribution in [3.63, 3.8) is 0 Å². The number of carbonyl (C=O) groups excluding carboxylic acids is 1. The number of anilines is 1. The van der Waals surface area contributed by atoms with Crippen molar-refractivity contribution < 1.29 is 13.2 Å². The Labute approximate surface area is 165 Å². The number of nitrogens with one attached hydrogen (secondary N) is 2. The zero-order valence-electron chi connectivity index (χ0n) is 14.9. The Morgan fingerprint density at radius 3 is 2.61 bits per heavy atom. The zero-order valence-corrected chi connectivity index (χ0v) is 16.4. The first-order chi connectivity index (χ1) is 13.3. The monoisotopic (exact) mass is 421 g/mol. The van der Waals surface area contributed by atoms with E-state index in [1.165, 1.54) is 29.2 Å². The van der Waals surface area contributed by atoms with Gasteiger partial charge >= 0.3 is 6.03 Å². The smallest absolute Gasteiger partial charge is 0.319 e. The molecule has 3 aromatic rings. The Morgan fingerprint density at radius 2 is 1.93 bits per heavy atom. The van der Waals surface area contributed by atoms with Crippen molar-refractivity contribution in [2.75, 3.05) is 11.6 Å². The van der Waals surface area contributed by atoms with E-state index in [9.17, 15) is 13.2 Å². The molecule has 10 nitrogen and oxygen atoms in total. The summed E-state index contributed by atoms with van der Waals surface area (Å²) in [6.07, 6.45) is 5.51. The zero-order chi connectivity index (χ0) is 20.3. The van der Waals surface area contributed by atoms with Crippen LogP contribution in [0.2, 0.25) is 5.02 Å². The van der Waals surface area contributed by atoms with Crippen molar-refractivity contribution in [3.8, 4) is 5.95 Å². The lowest BCUT2D eigenvalue weighted by Crippen LogP contribution is -2.32. The number of aromatic nitrogens is 5.